The monoisotopic (exact) mass is 429 g/mol. The average Bonchev–Trinajstić information content (AvgIpc) is 2.40. The van der Waals surface area contributed by atoms with E-state index in [1.54, 1.807) is 0 Å². The molecule has 0 bridgehead atoms. The number of esters is 1. The Kier molecular flexibility index (Phi) is 5.42. The lowest BCUT2D eigenvalue weighted by atomic mass is 10.1. The molecule has 148 valence electrons. The van der Waals surface area contributed by atoms with Crippen LogP contribution in [0.25, 0.3) is 0 Å². The number of methoxy groups -OCH3 is 1. The number of rotatable bonds is 3. The van der Waals surface area contributed by atoms with Gasteiger partial charge in [-0.05, 0) is 0 Å². The summed E-state index contributed by atoms with van der Waals surface area (Å²) in [6.07, 6.45) is -11.2. The Balaban J connectivity index is 4.52. The molecule has 0 saturated carbocycles. The van der Waals surface area contributed by atoms with Crippen molar-refractivity contribution in [2.75, 3.05) is 19.6 Å². The van der Waals surface area contributed by atoms with Crippen molar-refractivity contribution in [1.29, 1.82) is 0 Å². The van der Waals surface area contributed by atoms with Crippen LogP contribution in [-0.4, -0.2) is 47.4 Å². The van der Waals surface area contributed by atoms with Crippen LogP contribution in [0.2, 0.25) is 0 Å². The summed E-state index contributed by atoms with van der Waals surface area (Å²) in [5.41, 5.74) is -7.10. The van der Waals surface area contributed by atoms with Gasteiger partial charge >= 0.3 is 18.3 Å². The molecule has 15 heteroatoms. The number of carbonyl (C=O) groups excluding carboxylic acids is 1. The van der Waals surface area contributed by atoms with Crippen LogP contribution in [0, 0.1) is 0 Å². The smallest absolute Gasteiger partial charge is 0.434 e. The van der Waals surface area contributed by atoms with Crippen LogP contribution in [0.15, 0.2) is 9.79 Å². The first kappa shape index (κ1) is 22.1. The van der Waals surface area contributed by atoms with Crippen molar-refractivity contribution in [1.82, 2.24) is 4.98 Å². The number of halogens is 6. The number of nitrogens with zero attached hydrogens (tertiary/aromatic N) is 1. The molecule has 0 amide bonds. The summed E-state index contributed by atoms with van der Waals surface area (Å²) in [4.78, 5) is 9.86. The van der Waals surface area contributed by atoms with Crippen molar-refractivity contribution < 1.29 is 52.7 Å². The highest BCUT2D eigenvalue weighted by Crippen LogP contribution is 2.42. The van der Waals surface area contributed by atoms with Crippen molar-refractivity contribution in [2.24, 2.45) is 0 Å². The molecule has 0 saturated heterocycles. The maximum atomic E-state index is 13.1. The number of hydrogen-bond donors (Lipinski definition) is 0. The molecule has 1 aromatic heterocycles. The second kappa shape index (κ2) is 6.37. The predicted octanol–water partition coefficient (Wildman–Crippen LogP) is 1.71. The van der Waals surface area contributed by atoms with Gasteiger partial charge in [0.05, 0.1) is 7.11 Å². The lowest BCUT2D eigenvalue weighted by Gasteiger charge is -2.20. The molecule has 1 heterocycles. The van der Waals surface area contributed by atoms with Gasteiger partial charge in [-0.3, -0.25) is 0 Å². The molecule has 0 radical (unpaired) electrons. The Morgan fingerprint density at radius 1 is 0.846 bits per heavy atom. The zero-order valence-electron chi connectivity index (χ0n) is 13.0. The largest absolute Gasteiger partial charge is 0.465 e. The molecule has 0 N–H and O–H groups in total. The van der Waals surface area contributed by atoms with Crippen LogP contribution >= 0.6 is 0 Å². The van der Waals surface area contributed by atoms with Crippen LogP contribution in [0.1, 0.15) is 21.7 Å². The molecule has 0 spiro atoms. The summed E-state index contributed by atoms with van der Waals surface area (Å²) < 4.78 is 130. The third-order valence-corrected chi connectivity index (χ3v) is 5.19. The minimum atomic E-state index is -5.77. The van der Waals surface area contributed by atoms with Gasteiger partial charge in [0, 0.05) is 12.5 Å². The fraction of sp³-hybridized carbons (Fsp3) is 0.455. The van der Waals surface area contributed by atoms with Gasteiger partial charge < -0.3 is 4.74 Å². The van der Waals surface area contributed by atoms with Gasteiger partial charge in [-0.2, -0.15) is 26.3 Å². The molecule has 0 unspecified atom stereocenters. The number of aromatic nitrogens is 1. The van der Waals surface area contributed by atoms with Crippen LogP contribution in [0.3, 0.4) is 0 Å². The fourth-order valence-corrected chi connectivity index (χ4v) is 4.78. The molecule has 26 heavy (non-hydrogen) atoms. The zero-order valence-corrected chi connectivity index (χ0v) is 14.6. The highest BCUT2D eigenvalue weighted by atomic mass is 32.2. The van der Waals surface area contributed by atoms with Crippen LogP contribution in [0.4, 0.5) is 26.3 Å². The van der Waals surface area contributed by atoms with Crippen molar-refractivity contribution in [2.45, 2.75) is 22.1 Å². The van der Waals surface area contributed by atoms with Crippen molar-refractivity contribution in [3.8, 4) is 0 Å². The van der Waals surface area contributed by atoms with E-state index >= 15 is 0 Å². The van der Waals surface area contributed by atoms with E-state index in [2.05, 4.69) is 9.72 Å². The van der Waals surface area contributed by atoms with E-state index in [0.717, 1.165) is 0 Å². The quantitative estimate of drug-likeness (QED) is 0.532. The molecular formula is C11H9F6NO6S2. The molecule has 1 rings (SSSR count). The van der Waals surface area contributed by atoms with Crippen molar-refractivity contribution >= 4 is 25.6 Å². The second-order valence-corrected chi connectivity index (χ2v) is 8.78. The summed E-state index contributed by atoms with van der Waals surface area (Å²) >= 11 is 0. The Morgan fingerprint density at radius 3 is 1.50 bits per heavy atom. The summed E-state index contributed by atoms with van der Waals surface area (Å²) in [5.74, 6) is -2.02. The van der Waals surface area contributed by atoms with Crippen molar-refractivity contribution in [3.63, 3.8) is 0 Å². The predicted molar refractivity (Wildman–Crippen MR) is 71.8 cm³/mol. The first-order chi connectivity index (χ1) is 11.3. The Labute approximate surface area is 142 Å². The van der Waals surface area contributed by atoms with Crippen LogP contribution < -0.4 is 0 Å². The summed E-state index contributed by atoms with van der Waals surface area (Å²) in [7, 11) is -9.66. The van der Waals surface area contributed by atoms with Gasteiger partial charge in [-0.15, -0.1) is 0 Å². The molecule has 7 nitrogen and oxygen atoms in total. The number of carbonyl (C=O) groups is 1. The summed E-state index contributed by atoms with van der Waals surface area (Å²) in [5, 5.41) is 0. The SMILES string of the molecule is COC(=O)c1c(C(F)(F)F)nc(C(F)(F)F)c(S(C)(=O)=O)c1S(C)(=O)=O. The number of sulfone groups is 2. The molecule has 1 aromatic rings. The molecule has 0 fully saturated rings. The topological polar surface area (TPSA) is 107 Å². The normalized spacial score (nSPS) is 13.6. The third kappa shape index (κ3) is 4.25. The van der Waals surface area contributed by atoms with Gasteiger partial charge in [-0.1, -0.05) is 0 Å². The molecule has 0 atom stereocenters. The molecule has 0 aliphatic rings. The standard InChI is InChI=1S/C11H9F6NO6S2/c1-24-9(19)4-5(25(2,20)21)6(26(3,22)23)8(11(15,16)17)18-7(4)10(12,13)14/h1-3H3. The lowest BCUT2D eigenvalue weighted by Crippen LogP contribution is -2.28. The molecular weight excluding hydrogens is 420 g/mol. The van der Waals surface area contributed by atoms with E-state index in [-0.39, 0.29) is 12.5 Å². The first-order valence-electron chi connectivity index (χ1n) is 6.04. The lowest BCUT2D eigenvalue weighted by molar-refractivity contribution is -0.152. The molecule has 0 aliphatic carbocycles. The van der Waals surface area contributed by atoms with E-state index in [4.69, 9.17) is 0 Å². The molecule has 0 aromatic carbocycles. The first-order valence-corrected chi connectivity index (χ1v) is 9.82. The Bertz CT molecular complexity index is 962. The van der Waals surface area contributed by atoms with Gasteiger partial charge in [0.25, 0.3) is 0 Å². The highest BCUT2D eigenvalue weighted by molar-refractivity contribution is 7.93. The zero-order chi connectivity index (χ0) is 20.9. The van der Waals surface area contributed by atoms with E-state index in [9.17, 15) is 48.0 Å². The maximum Gasteiger partial charge on any atom is 0.434 e. The number of hydrogen-bond acceptors (Lipinski definition) is 7. The van der Waals surface area contributed by atoms with Gasteiger partial charge in [0.1, 0.15) is 15.4 Å². The van der Waals surface area contributed by atoms with Crippen LogP contribution in [0.5, 0.6) is 0 Å². The highest BCUT2D eigenvalue weighted by Gasteiger charge is 2.49. The average molecular weight is 429 g/mol. The summed E-state index contributed by atoms with van der Waals surface area (Å²) in [6, 6.07) is 0. The number of pyridine rings is 1. The number of alkyl halides is 6. The molecule has 0 aliphatic heterocycles. The summed E-state index contributed by atoms with van der Waals surface area (Å²) in [6.45, 7) is 0. The van der Waals surface area contributed by atoms with Gasteiger partial charge in [-0.25, -0.2) is 26.6 Å². The van der Waals surface area contributed by atoms with E-state index < -0.39 is 64.7 Å². The Hall–Kier alpha value is -1.90. The maximum absolute atomic E-state index is 13.1. The second-order valence-electron chi connectivity index (χ2n) is 4.87. The van der Waals surface area contributed by atoms with E-state index in [1.165, 1.54) is 0 Å². The minimum absolute atomic E-state index is 0.127. The van der Waals surface area contributed by atoms with Crippen LogP contribution in [-0.2, 0) is 36.8 Å². The van der Waals surface area contributed by atoms with Gasteiger partial charge in [0.2, 0.25) is 0 Å². The van der Waals surface area contributed by atoms with Crippen molar-refractivity contribution in [3.05, 3.63) is 17.0 Å². The minimum Gasteiger partial charge on any atom is -0.465 e. The third-order valence-electron chi connectivity index (χ3n) is 2.78. The van der Waals surface area contributed by atoms with E-state index in [1.807, 2.05) is 0 Å². The van der Waals surface area contributed by atoms with Gasteiger partial charge in [0.15, 0.2) is 31.1 Å². The number of ether oxygens (including phenoxy) is 1. The Morgan fingerprint density at radius 2 is 1.23 bits per heavy atom. The van der Waals surface area contributed by atoms with E-state index in [0.29, 0.717) is 7.11 Å². The fourth-order valence-electron chi connectivity index (χ4n) is 1.93.